The predicted octanol–water partition coefficient (Wildman–Crippen LogP) is 2.28. The molecule has 0 unspecified atom stereocenters. The monoisotopic (exact) mass is 219 g/mol. The number of nitrogens with zero attached hydrogens (tertiary/aromatic N) is 2. The molecule has 0 bridgehead atoms. The van der Waals surface area contributed by atoms with Gasteiger partial charge in [-0.3, -0.25) is 5.10 Å². The Morgan fingerprint density at radius 1 is 1.31 bits per heavy atom. The van der Waals surface area contributed by atoms with Crippen molar-refractivity contribution in [3.63, 3.8) is 0 Å². The largest absolute Gasteiger partial charge is 0.305 e. The van der Waals surface area contributed by atoms with Gasteiger partial charge in [0.1, 0.15) is 5.82 Å². The molecule has 1 heterocycles. The van der Waals surface area contributed by atoms with Gasteiger partial charge in [0.05, 0.1) is 5.69 Å². The topological polar surface area (TPSA) is 31.9 Å². The molecule has 0 amide bonds. The van der Waals surface area contributed by atoms with E-state index in [1.165, 1.54) is 6.07 Å². The van der Waals surface area contributed by atoms with E-state index in [0.717, 1.165) is 12.1 Å². The molecule has 0 aliphatic heterocycles. The Kier molecular flexibility index (Phi) is 3.01. The van der Waals surface area contributed by atoms with Gasteiger partial charge in [-0.2, -0.15) is 5.10 Å². The van der Waals surface area contributed by atoms with E-state index in [0.29, 0.717) is 11.3 Å². The van der Waals surface area contributed by atoms with Crippen molar-refractivity contribution in [2.45, 2.75) is 6.54 Å². The highest BCUT2D eigenvalue weighted by molar-refractivity contribution is 5.60. The quantitative estimate of drug-likeness (QED) is 0.858. The van der Waals surface area contributed by atoms with E-state index in [2.05, 4.69) is 10.2 Å². The van der Waals surface area contributed by atoms with Gasteiger partial charge in [0, 0.05) is 18.3 Å². The Morgan fingerprint density at radius 2 is 2.12 bits per heavy atom. The van der Waals surface area contributed by atoms with Gasteiger partial charge in [0.15, 0.2) is 0 Å². The van der Waals surface area contributed by atoms with Crippen molar-refractivity contribution in [1.29, 1.82) is 0 Å². The summed E-state index contributed by atoms with van der Waals surface area (Å²) in [7, 11) is 3.97. The molecule has 0 atom stereocenters. The lowest BCUT2D eigenvalue weighted by Crippen LogP contribution is -2.10. The number of hydrogen-bond acceptors (Lipinski definition) is 2. The van der Waals surface area contributed by atoms with Crippen LogP contribution >= 0.6 is 0 Å². The molecule has 1 aromatic heterocycles. The lowest BCUT2D eigenvalue weighted by Gasteiger charge is -2.10. The highest BCUT2D eigenvalue weighted by atomic mass is 19.1. The molecule has 0 saturated carbocycles. The minimum absolute atomic E-state index is 0.230. The fourth-order valence-electron chi connectivity index (χ4n) is 1.65. The van der Waals surface area contributed by atoms with Gasteiger partial charge < -0.3 is 4.90 Å². The molecule has 0 fully saturated rings. The summed E-state index contributed by atoms with van der Waals surface area (Å²) >= 11 is 0. The molecule has 0 radical (unpaired) electrons. The summed E-state index contributed by atoms with van der Waals surface area (Å²) in [5.41, 5.74) is 2.35. The number of H-pyrrole nitrogens is 1. The minimum atomic E-state index is -0.230. The zero-order valence-electron chi connectivity index (χ0n) is 9.37. The van der Waals surface area contributed by atoms with Gasteiger partial charge in [-0.25, -0.2) is 4.39 Å². The molecule has 2 aromatic rings. The number of aromatic amines is 1. The van der Waals surface area contributed by atoms with E-state index in [-0.39, 0.29) is 5.82 Å². The average Bonchev–Trinajstić information content (AvgIpc) is 2.73. The van der Waals surface area contributed by atoms with Gasteiger partial charge >= 0.3 is 0 Å². The third kappa shape index (κ3) is 2.28. The van der Waals surface area contributed by atoms with Crippen LogP contribution in [-0.4, -0.2) is 29.2 Å². The van der Waals surface area contributed by atoms with Gasteiger partial charge in [-0.1, -0.05) is 6.07 Å². The second-order valence-electron chi connectivity index (χ2n) is 4.02. The van der Waals surface area contributed by atoms with Crippen LogP contribution in [0.25, 0.3) is 11.3 Å². The Hall–Kier alpha value is -1.68. The van der Waals surface area contributed by atoms with Crippen molar-refractivity contribution in [2.24, 2.45) is 0 Å². The van der Waals surface area contributed by atoms with E-state index in [4.69, 9.17) is 0 Å². The molecular formula is C12H14FN3. The maximum atomic E-state index is 13.6. The zero-order valence-corrected chi connectivity index (χ0v) is 9.37. The van der Waals surface area contributed by atoms with E-state index >= 15 is 0 Å². The molecule has 16 heavy (non-hydrogen) atoms. The van der Waals surface area contributed by atoms with Gasteiger partial charge in [-0.15, -0.1) is 0 Å². The minimum Gasteiger partial charge on any atom is -0.305 e. The standard InChI is InChI=1S/C12H14FN3/c1-16(2)8-9-3-4-11(13)10(7-9)12-5-6-14-15-12/h3-7H,8H2,1-2H3,(H,14,15). The fourth-order valence-corrected chi connectivity index (χ4v) is 1.65. The molecule has 1 aromatic carbocycles. The summed E-state index contributed by atoms with van der Waals surface area (Å²) in [6, 6.07) is 6.91. The lowest BCUT2D eigenvalue weighted by atomic mass is 10.1. The highest BCUT2D eigenvalue weighted by Gasteiger charge is 2.07. The molecule has 2 rings (SSSR count). The molecule has 0 spiro atoms. The van der Waals surface area contributed by atoms with Crippen LogP contribution in [0.4, 0.5) is 4.39 Å². The third-order valence-electron chi connectivity index (χ3n) is 2.32. The molecule has 84 valence electrons. The SMILES string of the molecule is CN(C)Cc1ccc(F)c(-c2ccn[nH]2)c1. The summed E-state index contributed by atoms with van der Waals surface area (Å²) in [4.78, 5) is 2.05. The summed E-state index contributed by atoms with van der Waals surface area (Å²) < 4.78 is 13.6. The Labute approximate surface area is 93.9 Å². The van der Waals surface area contributed by atoms with Crippen LogP contribution in [0.5, 0.6) is 0 Å². The first-order chi connectivity index (χ1) is 7.66. The summed E-state index contributed by atoms with van der Waals surface area (Å²) in [5.74, 6) is -0.230. The Bertz CT molecular complexity index is 463. The van der Waals surface area contributed by atoms with Crippen molar-refractivity contribution in [3.8, 4) is 11.3 Å². The summed E-state index contributed by atoms with van der Waals surface area (Å²) in [6.07, 6.45) is 1.62. The van der Waals surface area contributed by atoms with Crippen molar-refractivity contribution >= 4 is 0 Å². The second kappa shape index (κ2) is 4.45. The molecule has 0 aliphatic carbocycles. The number of hydrogen-bond donors (Lipinski definition) is 1. The van der Waals surface area contributed by atoms with Crippen LogP contribution in [0, 0.1) is 5.82 Å². The van der Waals surface area contributed by atoms with Gasteiger partial charge in [0.2, 0.25) is 0 Å². The first-order valence-electron chi connectivity index (χ1n) is 5.10. The number of benzene rings is 1. The average molecular weight is 219 g/mol. The van der Waals surface area contributed by atoms with Crippen molar-refractivity contribution in [3.05, 3.63) is 41.8 Å². The molecule has 3 nitrogen and oxygen atoms in total. The molecule has 0 saturated heterocycles. The van der Waals surface area contributed by atoms with E-state index in [1.807, 2.05) is 25.1 Å². The first-order valence-corrected chi connectivity index (χ1v) is 5.10. The highest BCUT2D eigenvalue weighted by Crippen LogP contribution is 2.22. The maximum Gasteiger partial charge on any atom is 0.132 e. The van der Waals surface area contributed by atoms with Crippen molar-refractivity contribution < 1.29 is 4.39 Å². The number of halogens is 1. The Balaban J connectivity index is 2.37. The predicted molar refractivity (Wildman–Crippen MR) is 61.4 cm³/mol. The number of rotatable bonds is 3. The van der Waals surface area contributed by atoms with E-state index < -0.39 is 0 Å². The molecule has 1 N–H and O–H groups in total. The van der Waals surface area contributed by atoms with E-state index in [9.17, 15) is 4.39 Å². The fraction of sp³-hybridized carbons (Fsp3) is 0.250. The lowest BCUT2D eigenvalue weighted by molar-refractivity contribution is 0.402. The maximum absolute atomic E-state index is 13.6. The normalized spacial score (nSPS) is 11.0. The van der Waals surface area contributed by atoms with Crippen LogP contribution in [0.1, 0.15) is 5.56 Å². The van der Waals surface area contributed by atoms with Crippen LogP contribution < -0.4 is 0 Å². The van der Waals surface area contributed by atoms with Crippen LogP contribution in [0.15, 0.2) is 30.5 Å². The molecule has 4 heteroatoms. The smallest absolute Gasteiger partial charge is 0.132 e. The molecular weight excluding hydrogens is 205 g/mol. The number of nitrogens with one attached hydrogen (secondary N) is 1. The second-order valence-corrected chi connectivity index (χ2v) is 4.02. The van der Waals surface area contributed by atoms with Gasteiger partial charge in [-0.05, 0) is 37.9 Å². The summed E-state index contributed by atoms with van der Waals surface area (Å²) in [6.45, 7) is 0.793. The van der Waals surface area contributed by atoms with E-state index in [1.54, 1.807) is 18.3 Å². The first kappa shape index (κ1) is 10.8. The number of aromatic nitrogens is 2. The molecule has 0 aliphatic rings. The Morgan fingerprint density at radius 3 is 2.75 bits per heavy atom. The summed E-state index contributed by atoms with van der Waals surface area (Å²) in [5, 5.41) is 6.60. The van der Waals surface area contributed by atoms with Crippen LogP contribution in [0.2, 0.25) is 0 Å². The van der Waals surface area contributed by atoms with Gasteiger partial charge in [0.25, 0.3) is 0 Å². The third-order valence-corrected chi connectivity index (χ3v) is 2.32. The van der Waals surface area contributed by atoms with Crippen LogP contribution in [-0.2, 0) is 6.54 Å². The zero-order chi connectivity index (χ0) is 11.5. The van der Waals surface area contributed by atoms with Crippen molar-refractivity contribution in [2.75, 3.05) is 14.1 Å². The van der Waals surface area contributed by atoms with Crippen molar-refractivity contribution in [1.82, 2.24) is 15.1 Å². The van der Waals surface area contributed by atoms with Crippen LogP contribution in [0.3, 0.4) is 0 Å².